The smallest absolute Gasteiger partial charge is 0.255 e. The van der Waals surface area contributed by atoms with Crippen molar-refractivity contribution >= 4 is 23.1 Å². The van der Waals surface area contributed by atoms with Crippen LogP contribution in [0.25, 0.3) is 0 Å². The number of carbonyl (C=O) groups excluding carboxylic acids is 1. The van der Waals surface area contributed by atoms with Gasteiger partial charge < -0.3 is 16.0 Å². The minimum atomic E-state index is -0.582. The standard InChI is InChI=1S/C13H21N5OS/c1-9-10(8-15-18(9)3)11(19)16-13(12(14)20)4-6-17(2)7-5-13/h8H,4-7H2,1-3H3,(H2,14,20)(H,16,19). The summed E-state index contributed by atoms with van der Waals surface area (Å²) in [6.45, 7) is 3.59. The lowest BCUT2D eigenvalue weighted by Gasteiger charge is -2.40. The Kier molecular flexibility index (Phi) is 4.10. The SMILES string of the molecule is Cc1c(C(=O)NC2(C(N)=S)CCN(C)CC2)cnn1C. The highest BCUT2D eigenvalue weighted by atomic mass is 32.1. The fourth-order valence-corrected chi connectivity index (χ4v) is 2.69. The molecule has 110 valence electrons. The zero-order chi connectivity index (χ0) is 14.9. The molecule has 0 saturated carbocycles. The van der Waals surface area contributed by atoms with Gasteiger partial charge in [0.05, 0.1) is 22.3 Å². The molecule has 0 radical (unpaired) electrons. The maximum Gasteiger partial charge on any atom is 0.255 e. The van der Waals surface area contributed by atoms with E-state index in [-0.39, 0.29) is 5.91 Å². The molecule has 1 amide bonds. The average Bonchev–Trinajstić information content (AvgIpc) is 2.73. The van der Waals surface area contributed by atoms with Crippen molar-refractivity contribution in [2.75, 3.05) is 20.1 Å². The summed E-state index contributed by atoms with van der Waals surface area (Å²) in [4.78, 5) is 15.0. The fourth-order valence-electron chi connectivity index (χ4n) is 2.44. The Labute approximate surface area is 124 Å². The molecule has 7 heteroatoms. The third-order valence-corrected chi connectivity index (χ3v) is 4.54. The van der Waals surface area contributed by atoms with E-state index >= 15 is 0 Å². The Balaban J connectivity index is 2.19. The number of nitrogens with one attached hydrogen (secondary N) is 1. The molecule has 1 saturated heterocycles. The van der Waals surface area contributed by atoms with Crippen LogP contribution in [-0.2, 0) is 7.05 Å². The second-order valence-electron chi connectivity index (χ2n) is 5.47. The lowest BCUT2D eigenvalue weighted by Crippen LogP contribution is -2.61. The second-order valence-corrected chi connectivity index (χ2v) is 5.91. The molecule has 1 aromatic heterocycles. The summed E-state index contributed by atoms with van der Waals surface area (Å²) in [5.74, 6) is -0.159. The van der Waals surface area contributed by atoms with Crippen molar-refractivity contribution in [2.45, 2.75) is 25.3 Å². The molecule has 2 heterocycles. The molecular weight excluding hydrogens is 274 g/mol. The van der Waals surface area contributed by atoms with Gasteiger partial charge in [-0.1, -0.05) is 12.2 Å². The molecule has 0 atom stereocenters. The Morgan fingerprint density at radius 3 is 2.50 bits per heavy atom. The summed E-state index contributed by atoms with van der Waals surface area (Å²) >= 11 is 5.20. The van der Waals surface area contributed by atoms with Crippen molar-refractivity contribution in [3.8, 4) is 0 Å². The van der Waals surface area contributed by atoms with Gasteiger partial charge in [0, 0.05) is 25.8 Å². The van der Waals surface area contributed by atoms with Crippen LogP contribution in [0.15, 0.2) is 6.20 Å². The number of nitrogens with two attached hydrogens (primary N) is 1. The van der Waals surface area contributed by atoms with E-state index in [1.165, 1.54) is 0 Å². The third kappa shape index (κ3) is 2.69. The van der Waals surface area contributed by atoms with Crippen LogP contribution >= 0.6 is 12.2 Å². The Hall–Kier alpha value is -1.47. The highest BCUT2D eigenvalue weighted by Crippen LogP contribution is 2.23. The first-order valence-electron chi connectivity index (χ1n) is 6.65. The summed E-state index contributed by atoms with van der Waals surface area (Å²) in [6.07, 6.45) is 3.06. The number of rotatable bonds is 3. The molecule has 6 nitrogen and oxygen atoms in total. The van der Waals surface area contributed by atoms with Crippen LogP contribution in [-0.4, -0.2) is 51.3 Å². The summed E-state index contributed by atoms with van der Waals surface area (Å²) in [5.41, 5.74) is 6.71. The van der Waals surface area contributed by atoms with Gasteiger partial charge in [-0.3, -0.25) is 9.48 Å². The van der Waals surface area contributed by atoms with E-state index in [0.717, 1.165) is 31.6 Å². The van der Waals surface area contributed by atoms with E-state index in [1.54, 1.807) is 10.9 Å². The van der Waals surface area contributed by atoms with Crippen LogP contribution in [0.4, 0.5) is 0 Å². The van der Waals surface area contributed by atoms with Crippen molar-refractivity contribution in [3.63, 3.8) is 0 Å². The van der Waals surface area contributed by atoms with Gasteiger partial charge >= 0.3 is 0 Å². The number of thiocarbonyl (C=S) groups is 1. The number of aromatic nitrogens is 2. The molecule has 2 rings (SSSR count). The Morgan fingerprint density at radius 2 is 2.05 bits per heavy atom. The molecular formula is C13H21N5OS. The zero-order valence-electron chi connectivity index (χ0n) is 12.1. The molecule has 1 aliphatic rings. The molecule has 0 spiro atoms. The van der Waals surface area contributed by atoms with Crippen molar-refractivity contribution in [1.29, 1.82) is 0 Å². The van der Waals surface area contributed by atoms with Gasteiger partial charge in [-0.2, -0.15) is 5.10 Å². The van der Waals surface area contributed by atoms with E-state index in [0.29, 0.717) is 10.6 Å². The summed E-state index contributed by atoms with van der Waals surface area (Å²) in [5, 5.41) is 7.13. The largest absolute Gasteiger partial charge is 0.391 e. The number of amides is 1. The van der Waals surface area contributed by atoms with E-state index in [4.69, 9.17) is 18.0 Å². The Morgan fingerprint density at radius 1 is 1.45 bits per heavy atom. The lowest BCUT2D eigenvalue weighted by atomic mass is 9.87. The van der Waals surface area contributed by atoms with Crippen molar-refractivity contribution in [1.82, 2.24) is 20.0 Å². The first-order chi connectivity index (χ1) is 9.35. The maximum absolute atomic E-state index is 12.4. The first-order valence-corrected chi connectivity index (χ1v) is 7.06. The minimum Gasteiger partial charge on any atom is -0.391 e. The fraction of sp³-hybridized carbons (Fsp3) is 0.615. The number of nitrogens with zero attached hydrogens (tertiary/aromatic N) is 3. The van der Waals surface area contributed by atoms with E-state index in [2.05, 4.69) is 22.4 Å². The predicted octanol–water partition coefficient (Wildman–Crippen LogP) is 0.209. The zero-order valence-corrected chi connectivity index (χ0v) is 13.0. The maximum atomic E-state index is 12.4. The topological polar surface area (TPSA) is 76.2 Å². The second kappa shape index (κ2) is 5.49. The normalized spacial score (nSPS) is 18.8. The van der Waals surface area contributed by atoms with Crippen LogP contribution < -0.4 is 11.1 Å². The van der Waals surface area contributed by atoms with Crippen molar-refractivity contribution < 1.29 is 4.79 Å². The molecule has 0 bridgehead atoms. The molecule has 3 N–H and O–H groups in total. The van der Waals surface area contributed by atoms with E-state index in [9.17, 15) is 4.79 Å². The number of hydrogen-bond donors (Lipinski definition) is 2. The van der Waals surface area contributed by atoms with Gasteiger partial charge in [-0.25, -0.2) is 0 Å². The van der Waals surface area contributed by atoms with E-state index < -0.39 is 5.54 Å². The van der Waals surface area contributed by atoms with Crippen LogP contribution in [0, 0.1) is 6.92 Å². The van der Waals surface area contributed by atoms with Gasteiger partial charge in [0.1, 0.15) is 0 Å². The monoisotopic (exact) mass is 295 g/mol. The van der Waals surface area contributed by atoms with Gasteiger partial charge in [-0.15, -0.1) is 0 Å². The highest BCUT2D eigenvalue weighted by molar-refractivity contribution is 7.80. The Bertz CT molecular complexity index is 531. The molecule has 0 unspecified atom stereocenters. The highest BCUT2D eigenvalue weighted by Gasteiger charge is 2.38. The molecule has 0 aromatic carbocycles. The first kappa shape index (κ1) is 14.9. The third-order valence-electron chi connectivity index (χ3n) is 4.14. The van der Waals surface area contributed by atoms with Gasteiger partial charge in [0.25, 0.3) is 5.91 Å². The number of likely N-dealkylation sites (tertiary alicyclic amines) is 1. The van der Waals surface area contributed by atoms with Crippen molar-refractivity contribution in [3.05, 3.63) is 17.5 Å². The predicted molar refractivity (Wildman–Crippen MR) is 81.7 cm³/mol. The van der Waals surface area contributed by atoms with Crippen LogP contribution in [0.5, 0.6) is 0 Å². The average molecular weight is 295 g/mol. The van der Waals surface area contributed by atoms with Crippen LogP contribution in [0.3, 0.4) is 0 Å². The molecule has 1 aliphatic heterocycles. The van der Waals surface area contributed by atoms with Gasteiger partial charge in [0.15, 0.2) is 0 Å². The number of aryl methyl sites for hydroxylation is 1. The van der Waals surface area contributed by atoms with Crippen LogP contribution in [0.2, 0.25) is 0 Å². The van der Waals surface area contributed by atoms with E-state index in [1.807, 2.05) is 14.0 Å². The number of hydrogen-bond acceptors (Lipinski definition) is 4. The lowest BCUT2D eigenvalue weighted by molar-refractivity contribution is 0.0889. The summed E-state index contributed by atoms with van der Waals surface area (Å²) in [7, 11) is 3.86. The molecule has 0 aliphatic carbocycles. The van der Waals surface area contributed by atoms with Gasteiger partial charge in [0.2, 0.25) is 0 Å². The number of piperidine rings is 1. The van der Waals surface area contributed by atoms with Crippen LogP contribution in [0.1, 0.15) is 28.9 Å². The summed E-state index contributed by atoms with van der Waals surface area (Å²) in [6, 6.07) is 0. The minimum absolute atomic E-state index is 0.159. The number of carbonyl (C=O) groups is 1. The van der Waals surface area contributed by atoms with Gasteiger partial charge in [-0.05, 0) is 26.8 Å². The molecule has 20 heavy (non-hydrogen) atoms. The summed E-state index contributed by atoms with van der Waals surface area (Å²) < 4.78 is 1.68. The quantitative estimate of drug-likeness (QED) is 0.780. The molecule has 1 fully saturated rings. The molecule has 1 aromatic rings. The van der Waals surface area contributed by atoms with Crippen molar-refractivity contribution in [2.24, 2.45) is 12.8 Å².